The Morgan fingerprint density at radius 3 is 2.95 bits per heavy atom. The first-order valence-electron chi connectivity index (χ1n) is 7.17. The molecule has 20 heavy (non-hydrogen) atoms. The van der Waals surface area contributed by atoms with Gasteiger partial charge in [-0.1, -0.05) is 19.9 Å². The third-order valence-electron chi connectivity index (χ3n) is 3.84. The molecule has 0 saturated carbocycles. The molecular formula is C15H23N3O2. The van der Waals surface area contributed by atoms with Gasteiger partial charge in [0, 0.05) is 31.4 Å². The Kier molecular flexibility index (Phi) is 5.09. The number of nitrogens with zero attached hydrogens (tertiary/aromatic N) is 1. The van der Waals surface area contributed by atoms with Crippen LogP contribution < -0.4 is 10.6 Å². The SMILES string of the molecule is CC(C)[C@H](CNC(=O)[C@@H]1C[C@H](O)CN1)c1cccnc1. The zero-order chi connectivity index (χ0) is 14.5. The zero-order valence-corrected chi connectivity index (χ0v) is 12.0. The number of aromatic nitrogens is 1. The topological polar surface area (TPSA) is 74.2 Å². The Morgan fingerprint density at radius 2 is 2.40 bits per heavy atom. The summed E-state index contributed by atoms with van der Waals surface area (Å²) < 4.78 is 0. The van der Waals surface area contributed by atoms with Gasteiger partial charge in [-0.15, -0.1) is 0 Å². The highest BCUT2D eigenvalue weighted by Crippen LogP contribution is 2.22. The number of nitrogens with one attached hydrogen (secondary N) is 2. The molecule has 0 aliphatic carbocycles. The van der Waals surface area contributed by atoms with Gasteiger partial charge in [-0.25, -0.2) is 0 Å². The van der Waals surface area contributed by atoms with Crippen molar-refractivity contribution in [3.63, 3.8) is 0 Å². The van der Waals surface area contributed by atoms with E-state index in [-0.39, 0.29) is 17.9 Å². The van der Waals surface area contributed by atoms with Crippen molar-refractivity contribution >= 4 is 5.91 Å². The van der Waals surface area contributed by atoms with E-state index in [2.05, 4.69) is 29.5 Å². The Labute approximate surface area is 119 Å². The van der Waals surface area contributed by atoms with E-state index < -0.39 is 6.10 Å². The summed E-state index contributed by atoms with van der Waals surface area (Å²) in [5.74, 6) is 0.636. The minimum atomic E-state index is -0.412. The van der Waals surface area contributed by atoms with Gasteiger partial charge in [-0.3, -0.25) is 9.78 Å². The predicted molar refractivity (Wildman–Crippen MR) is 77.2 cm³/mol. The summed E-state index contributed by atoms with van der Waals surface area (Å²) >= 11 is 0. The van der Waals surface area contributed by atoms with Gasteiger partial charge in [0.15, 0.2) is 0 Å². The number of carbonyl (C=O) groups is 1. The van der Waals surface area contributed by atoms with E-state index in [0.29, 0.717) is 25.4 Å². The molecule has 0 radical (unpaired) electrons. The summed E-state index contributed by atoms with van der Waals surface area (Å²) in [6.45, 7) is 5.37. The summed E-state index contributed by atoms with van der Waals surface area (Å²) in [7, 11) is 0. The van der Waals surface area contributed by atoms with Crippen molar-refractivity contribution < 1.29 is 9.90 Å². The molecule has 1 fully saturated rings. The maximum Gasteiger partial charge on any atom is 0.237 e. The lowest BCUT2D eigenvalue weighted by molar-refractivity contribution is -0.123. The summed E-state index contributed by atoms with van der Waals surface area (Å²) in [5, 5.41) is 15.5. The second-order valence-electron chi connectivity index (χ2n) is 5.73. The average Bonchev–Trinajstić information content (AvgIpc) is 2.86. The monoisotopic (exact) mass is 277 g/mol. The summed E-state index contributed by atoms with van der Waals surface area (Å²) in [6.07, 6.45) is 3.69. The predicted octanol–water partition coefficient (Wildman–Crippen LogP) is 0.660. The molecule has 5 nitrogen and oxygen atoms in total. The molecule has 2 rings (SSSR count). The molecule has 1 saturated heterocycles. The molecule has 0 unspecified atom stereocenters. The number of β-amino-alcohol motifs (C(OH)–C–C–N with tert-alkyl or cyclic N) is 1. The van der Waals surface area contributed by atoms with Gasteiger partial charge < -0.3 is 15.7 Å². The van der Waals surface area contributed by atoms with Gasteiger partial charge in [0.2, 0.25) is 5.91 Å². The first kappa shape index (κ1) is 14.9. The molecule has 2 heterocycles. The molecule has 1 amide bonds. The molecule has 1 aliphatic rings. The standard InChI is InChI=1S/C15H23N3O2/c1-10(2)13(11-4-3-5-16-7-11)9-18-15(20)14-6-12(19)8-17-14/h3-5,7,10,12-14,17,19H,6,8-9H2,1-2H3,(H,18,20)/t12-,13-,14-/m0/s1. The van der Waals surface area contributed by atoms with E-state index >= 15 is 0 Å². The van der Waals surface area contributed by atoms with Gasteiger partial charge in [0.25, 0.3) is 0 Å². The molecule has 1 aromatic heterocycles. The van der Waals surface area contributed by atoms with E-state index in [1.54, 1.807) is 6.20 Å². The highest BCUT2D eigenvalue weighted by molar-refractivity contribution is 5.82. The van der Waals surface area contributed by atoms with Crippen LogP contribution in [0.2, 0.25) is 0 Å². The van der Waals surface area contributed by atoms with Crippen molar-refractivity contribution in [3.05, 3.63) is 30.1 Å². The van der Waals surface area contributed by atoms with Crippen molar-refractivity contribution in [1.29, 1.82) is 0 Å². The summed E-state index contributed by atoms with van der Waals surface area (Å²) in [5.41, 5.74) is 1.14. The number of aliphatic hydroxyl groups is 1. The minimum absolute atomic E-state index is 0.0314. The van der Waals surface area contributed by atoms with Crippen LogP contribution in [0, 0.1) is 5.92 Å². The fourth-order valence-corrected chi connectivity index (χ4v) is 2.58. The van der Waals surface area contributed by atoms with Crippen LogP contribution in [0.1, 0.15) is 31.7 Å². The van der Waals surface area contributed by atoms with E-state index in [1.807, 2.05) is 18.3 Å². The smallest absolute Gasteiger partial charge is 0.237 e. The number of hydrogen-bond acceptors (Lipinski definition) is 4. The zero-order valence-electron chi connectivity index (χ0n) is 12.0. The highest BCUT2D eigenvalue weighted by Gasteiger charge is 2.28. The number of carbonyl (C=O) groups excluding carboxylic acids is 1. The largest absolute Gasteiger partial charge is 0.392 e. The first-order chi connectivity index (χ1) is 9.58. The maximum atomic E-state index is 12.0. The first-order valence-corrected chi connectivity index (χ1v) is 7.17. The Morgan fingerprint density at radius 1 is 1.60 bits per heavy atom. The van der Waals surface area contributed by atoms with Crippen LogP contribution in [0.5, 0.6) is 0 Å². The molecule has 3 N–H and O–H groups in total. The molecule has 0 bridgehead atoms. The van der Waals surface area contributed by atoms with Crippen molar-refractivity contribution in [2.75, 3.05) is 13.1 Å². The van der Waals surface area contributed by atoms with Crippen LogP contribution in [0.4, 0.5) is 0 Å². The van der Waals surface area contributed by atoms with Crippen molar-refractivity contribution in [1.82, 2.24) is 15.6 Å². The van der Waals surface area contributed by atoms with Gasteiger partial charge in [0.05, 0.1) is 12.1 Å². The normalized spacial score (nSPS) is 23.8. The lowest BCUT2D eigenvalue weighted by Gasteiger charge is -2.22. The van der Waals surface area contributed by atoms with Gasteiger partial charge in [-0.2, -0.15) is 0 Å². The Bertz CT molecular complexity index is 436. The number of pyridine rings is 1. The highest BCUT2D eigenvalue weighted by atomic mass is 16.3. The number of aliphatic hydroxyl groups excluding tert-OH is 1. The fourth-order valence-electron chi connectivity index (χ4n) is 2.58. The Hall–Kier alpha value is -1.46. The van der Waals surface area contributed by atoms with Gasteiger partial charge in [0.1, 0.15) is 0 Å². The Balaban J connectivity index is 1.91. The molecule has 5 heteroatoms. The summed E-state index contributed by atoms with van der Waals surface area (Å²) in [4.78, 5) is 16.2. The lowest BCUT2D eigenvalue weighted by atomic mass is 9.89. The lowest BCUT2D eigenvalue weighted by Crippen LogP contribution is -2.42. The van der Waals surface area contributed by atoms with Crippen LogP contribution in [0.25, 0.3) is 0 Å². The molecule has 3 atom stereocenters. The van der Waals surface area contributed by atoms with E-state index in [1.165, 1.54) is 0 Å². The number of rotatable bonds is 5. The van der Waals surface area contributed by atoms with Crippen LogP contribution in [-0.2, 0) is 4.79 Å². The average molecular weight is 277 g/mol. The number of hydrogen-bond donors (Lipinski definition) is 3. The molecular weight excluding hydrogens is 254 g/mol. The van der Waals surface area contributed by atoms with Gasteiger partial charge in [-0.05, 0) is 24.0 Å². The minimum Gasteiger partial charge on any atom is -0.392 e. The van der Waals surface area contributed by atoms with Crippen LogP contribution in [-0.4, -0.2) is 41.2 Å². The van der Waals surface area contributed by atoms with E-state index in [0.717, 1.165) is 5.56 Å². The van der Waals surface area contributed by atoms with Crippen molar-refractivity contribution in [3.8, 4) is 0 Å². The second kappa shape index (κ2) is 6.81. The molecule has 1 aromatic rings. The van der Waals surface area contributed by atoms with E-state index in [4.69, 9.17) is 0 Å². The molecule has 0 spiro atoms. The van der Waals surface area contributed by atoms with Crippen LogP contribution in [0.3, 0.4) is 0 Å². The quantitative estimate of drug-likeness (QED) is 0.739. The third kappa shape index (κ3) is 3.77. The van der Waals surface area contributed by atoms with Crippen LogP contribution in [0.15, 0.2) is 24.5 Å². The van der Waals surface area contributed by atoms with Gasteiger partial charge >= 0.3 is 0 Å². The molecule has 1 aliphatic heterocycles. The third-order valence-corrected chi connectivity index (χ3v) is 3.84. The van der Waals surface area contributed by atoms with Crippen LogP contribution >= 0.6 is 0 Å². The summed E-state index contributed by atoms with van der Waals surface area (Å²) in [6, 6.07) is 3.69. The maximum absolute atomic E-state index is 12.0. The second-order valence-corrected chi connectivity index (χ2v) is 5.73. The van der Waals surface area contributed by atoms with Crippen molar-refractivity contribution in [2.45, 2.75) is 38.3 Å². The van der Waals surface area contributed by atoms with E-state index in [9.17, 15) is 9.90 Å². The molecule has 0 aromatic carbocycles. The fraction of sp³-hybridized carbons (Fsp3) is 0.600. The molecule has 110 valence electrons. The van der Waals surface area contributed by atoms with Crippen molar-refractivity contribution in [2.24, 2.45) is 5.92 Å². The number of amides is 1.